The highest BCUT2D eigenvalue weighted by molar-refractivity contribution is 7.92. The summed E-state index contributed by atoms with van der Waals surface area (Å²) in [5.41, 5.74) is 3.41. The Hall–Kier alpha value is -2.54. The number of sulfonamides is 1. The molecule has 2 aromatic rings. The van der Waals surface area contributed by atoms with E-state index >= 15 is 0 Å². The zero-order valence-electron chi connectivity index (χ0n) is 16.3. The molecule has 7 heteroatoms. The fourth-order valence-electron chi connectivity index (χ4n) is 2.58. The molecule has 1 unspecified atom stereocenters. The molecule has 0 aliphatic heterocycles. The predicted octanol–water partition coefficient (Wildman–Crippen LogP) is 3.50. The van der Waals surface area contributed by atoms with Gasteiger partial charge in [0.2, 0.25) is 10.0 Å². The molecule has 0 saturated carbocycles. The molecule has 0 aliphatic carbocycles. The van der Waals surface area contributed by atoms with Gasteiger partial charge in [0.05, 0.1) is 11.9 Å². The van der Waals surface area contributed by atoms with Gasteiger partial charge < -0.3 is 10.1 Å². The number of benzene rings is 2. The van der Waals surface area contributed by atoms with E-state index in [1.54, 1.807) is 24.3 Å². The minimum absolute atomic E-state index is 0.221. The lowest BCUT2D eigenvalue weighted by atomic mass is 10.1. The lowest BCUT2D eigenvalue weighted by Crippen LogP contribution is -2.32. The maximum atomic E-state index is 12.6. The number of carbonyl (C=O) groups is 1. The van der Waals surface area contributed by atoms with Crippen molar-refractivity contribution >= 4 is 27.3 Å². The molecule has 27 heavy (non-hydrogen) atoms. The second-order valence-corrected chi connectivity index (χ2v) is 8.56. The number of hydrogen-bond donors (Lipinski definition) is 1. The van der Waals surface area contributed by atoms with Crippen LogP contribution in [0.2, 0.25) is 0 Å². The van der Waals surface area contributed by atoms with Gasteiger partial charge in [-0.1, -0.05) is 24.6 Å². The third kappa shape index (κ3) is 5.47. The highest BCUT2D eigenvalue weighted by atomic mass is 32.2. The quantitative estimate of drug-likeness (QED) is 0.785. The van der Waals surface area contributed by atoms with Gasteiger partial charge in [0.1, 0.15) is 5.75 Å². The van der Waals surface area contributed by atoms with E-state index in [1.165, 1.54) is 11.4 Å². The Labute approximate surface area is 161 Å². The van der Waals surface area contributed by atoms with Crippen molar-refractivity contribution in [1.29, 1.82) is 0 Å². The number of nitrogens with one attached hydrogen (secondary N) is 1. The summed E-state index contributed by atoms with van der Waals surface area (Å²) in [7, 11) is -1.84. The summed E-state index contributed by atoms with van der Waals surface area (Å²) < 4.78 is 30.2. The fourth-order valence-corrected chi connectivity index (χ4v) is 3.08. The minimum atomic E-state index is -3.32. The maximum Gasteiger partial charge on any atom is 0.265 e. The summed E-state index contributed by atoms with van der Waals surface area (Å²) in [5, 5.41) is 2.91. The third-order valence-corrected chi connectivity index (χ3v) is 5.48. The van der Waals surface area contributed by atoms with Crippen LogP contribution in [0.15, 0.2) is 42.5 Å². The monoisotopic (exact) mass is 390 g/mol. The zero-order valence-corrected chi connectivity index (χ0v) is 17.1. The first-order valence-electron chi connectivity index (χ1n) is 8.70. The molecule has 0 saturated heterocycles. The number of nitrogens with zero attached hydrogens (tertiary/aromatic N) is 1. The average Bonchev–Trinajstić information content (AvgIpc) is 2.61. The van der Waals surface area contributed by atoms with Crippen LogP contribution in [-0.4, -0.2) is 33.7 Å². The van der Waals surface area contributed by atoms with Crippen LogP contribution < -0.4 is 14.4 Å². The van der Waals surface area contributed by atoms with E-state index in [-0.39, 0.29) is 5.91 Å². The Bertz CT molecular complexity index is 908. The van der Waals surface area contributed by atoms with Gasteiger partial charge in [0, 0.05) is 12.7 Å². The molecule has 1 N–H and O–H groups in total. The van der Waals surface area contributed by atoms with E-state index in [0.29, 0.717) is 17.9 Å². The van der Waals surface area contributed by atoms with Gasteiger partial charge >= 0.3 is 0 Å². The van der Waals surface area contributed by atoms with Crippen LogP contribution in [0.25, 0.3) is 0 Å². The molecule has 0 heterocycles. The predicted molar refractivity (Wildman–Crippen MR) is 109 cm³/mol. The molecule has 0 fully saturated rings. The van der Waals surface area contributed by atoms with Crippen molar-refractivity contribution < 1.29 is 17.9 Å². The van der Waals surface area contributed by atoms with E-state index in [1.807, 2.05) is 39.0 Å². The maximum absolute atomic E-state index is 12.6. The van der Waals surface area contributed by atoms with Crippen molar-refractivity contribution in [1.82, 2.24) is 0 Å². The second kappa shape index (κ2) is 8.43. The smallest absolute Gasteiger partial charge is 0.265 e. The first-order valence-corrected chi connectivity index (χ1v) is 10.6. The van der Waals surface area contributed by atoms with Gasteiger partial charge in [-0.3, -0.25) is 9.10 Å². The van der Waals surface area contributed by atoms with Crippen LogP contribution in [0.4, 0.5) is 11.4 Å². The highest BCUT2D eigenvalue weighted by Gasteiger charge is 2.19. The number of anilines is 2. The van der Waals surface area contributed by atoms with E-state index in [0.717, 1.165) is 23.1 Å². The van der Waals surface area contributed by atoms with Crippen molar-refractivity contribution in [3.8, 4) is 5.75 Å². The van der Waals surface area contributed by atoms with Crippen molar-refractivity contribution in [2.75, 3.05) is 22.9 Å². The average molecular weight is 391 g/mol. The molecule has 0 bridgehead atoms. The van der Waals surface area contributed by atoms with Crippen LogP contribution >= 0.6 is 0 Å². The summed E-state index contributed by atoms with van der Waals surface area (Å²) in [6.45, 7) is 5.82. The largest absolute Gasteiger partial charge is 0.481 e. The van der Waals surface area contributed by atoms with Gasteiger partial charge in [-0.25, -0.2) is 8.42 Å². The molecule has 146 valence electrons. The van der Waals surface area contributed by atoms with Gasteiger partial charge in [-0.15, -0.1) is 0 Å². The van der Waals surface area contributed by atoms with Gasteiger partial charge in [0.15, 0.2) is 6.10 Å². The Morgan fingerprint density at radius 2 is 1.78 bits per heavy atom. The Morgan fingerprint density at radius 3 is 2.30 bits per heavy atom. The molecule has 0 spiro atoms. The number of amides is 1. The molecule has 0 aromatic heterocycles. The van der Waals surface area contributed by atoms with Crippen LogP contribution in [0.1, 0.15) is 24.5 Å². The van der Waals surface area contributed by atoms with Crippen molar-refractivity contribution in [3.63, 3.8) is 0 Å². The van der Waals surface area contributed by atoms with E-state index in [4.69, 9.17) is 4.74 Å². The first-order chi connectivity index (χ1) is 12.6. The Balaban J connectivity index is 2.08. The SMILES string of the molecule is CCC(Oc1ccc(N(C)S(C)(=O)=O)cc1)C(=O)Nc1ccc(C)cc1C. The summed E-state index contributed by atoms with van der Waals surface area (Å²) in [4.78, 5) is 12.6. The van der Waals surface area contributed by atoms with Crippen molar-refractivity contribution in [3.05, 3.63) is 53.6 Å². The molecule has 2 rings (SSSR count). The molecule has 6 nitrogen and oxygen atoms in total. The van der Waals surface area contributed by atoms with Crippen molar-refractivity contribution in [2.45, 2.75) is 33.3 Å². The zero-order chi connectivity index (χ0) is 20.2. The molecular weight excluding hydrogens is 364 g/mol. The Morgan fingerprint density at radius 1 is 1.15 bits per heavy atom. The highest BCUT2D eigenvalue weighted by Crippen LogP contribution is 2.22. The number of rotatable bonds is 7. The molecule has 2 aromatic carbocycles. The number of carbonyl (C=O) groups excluding carboxylic acids is 1. The standard InChI is InChI=1S/C20H26N2O4S/c1-6-19(20(23)21-18-12-7-14(2)13-15(18)3)26-17-10-8-16(9-11-17)22(4)27(5,24)25/h7-13,19H,6H2,1-5H3,(H,21,23). The van der Waals surface area contributed by atoms with Gasteiger partial charge in [-0.05, 0) is 56.2 Å². The van der Waals surface area contributed by atoms with Gasteiger partial charge in [-0.2, -0.15) is 0 Å². The lowest BCUT2D eigenvalue weighted by molar-refractivity contribution is -0.122. The fraction of sp³-hybridized carbons (Fsp3) is 0.350. The van der Waals surface area contributed by atoms with Gasteiger partial charge in [0.25, 0.3) is 5.91 Å². The van der Waals surface area contributed by atoms with E-state index < -0.39 is 16.1 Å². The van der Waals surface area contributed by atoms with Crippen LogP contribution in [-0.2, 0) is 14.8 Å². The first kappa shape index (κ1) is 20.8. The Kier molecular flexibility index (Phi) is 6.49. The van der Waals surface area contributed by atoms with Crippen LogP contribution in [0.5, 0.6) is 5.75 Å². The lowest BCUT2D eigenvalue weighted by Gasteiger charge is -2.20. The summed E-state index contributed by atoms with van der Waals surface area (Å²) in [6, 6.07) is 12.4. The van der Waals surface area contributed by atoms with Crippen LogP contribution in [0, 0.1) is 13.8 Å². The topological polar surface area (TPSA) is 75.7 Å². The summed E-state index contributed by atoms with van der Waals surface area (Å²) in [5.74, 6) is 0.282. The second-order valence-electron chi connectivity index (χ2n) is 6.55. The molecule has 1 atom stereocenters. The summed E-state index contributed by atoms with van der Waals surface area (Å²) >= 11 is 0. The normalized spacial score (nSPS) is 12.3. The minimum Gasteiger partial charge on any atom is -0.481 e. The van der Waals surface area contributed by atoms with Crippen molar-refractivity contribution in [2.24, 2.45) is 0 Å². The number of hydrogen-bond acceptors (Lipinski definition) is 4. The summed E-state index contributed by atoms with van der Waals surface area (Å²) in [6.07, 6.45) is 0.994. The van der Waals surface area contributed by atoms with Crippen LogP contribution in [0.3, 0.4) is 0 Å². The molecule has 0 aliphatic rings. The molecular formula is C20H26N2O4S. The third-order valence-electron chi connectivity index (χ3n) is 4.28. The van der Waals surface area contributed by atoms with E-state index in [9.17, 15) is 13.2 Å². The molecule has 0 radical (unpaired) electrons. The molecule has 1 amide bonds. The van der Waals surface area contributed by atoms with E-state index in [2.05, 4.69) is 5.32 Å². The number of ether oxygens (including phenoxy) is 1. The number of aryl methyl sites for hydroxylation is 2.